The lowest BCUT2D eigenvalue weighted by Gasteiger charge is -2.24. The molecule has 1 N–H and O–H groups in total. The Labute approximate surface area is 139 Å². The molecule has 2 heterocycles. The molecule has 0 radical (unpaired) electrons. The van der Waals surface area contributed by atoms with E-state index in [0.717, 1.165) is 57.4 Å². The van der Waals surface area contributed by atoms with Crippen LogP contribution >= 0.6 is 0 Å². The van der Waals surface area contributed by atoms with Crippen molar-refractivity contribution in [2.24, 2.45) is 0 Å². The van der Waals surface area contributed by atoms with Crippen LogP contribution in [0.3, 0.4) is 0 Å². The van der Waals surface area contributed by atoms with E-state index in [2.05, 4.69) is 17.0 Å². The molecule has 3 rings (SSSR count). The normalized spacial score (nSPS) is 22.0. The van der Waals surface area contributed by atoms with E-state index in [-0.39, 0.29) is 12.5 Å². The summed E-state index contributed by atoms with van der Waals surface area (Å²) in [6, 6.07) is 8.77. The molecule has 1 unspecified atom stereocenters. The van der Waals surface area contributed by atoms with E-state index in [9.17, 15) is 4.79 Å². The van der Waals surface area contributed by atoms with Crippen LogP contribution in [-0.4, -0.2) is 53.1 Å². The summed E-state index contributed by atoms with van der Waals surface area (Å²) < 4.78 is 0. The Kier molecular flexibility index (Phi) is 5.68. The van der Waals surface area contributed by atoms with Crippen molar-refractivity contribution in [1.29, 1.82) is 0 Å². The van der Waals surface area contributed by atoms with Crippen molar-refractivity contribution < 1.29 is 9.90 Å². The molecule has 1 aromatic rings. The Morgan fingerprint density at radius 3 is 2.52 bits per heavy atom. The summed E-state index contributed by atoms with van der Waals surface area (Å²) in [5.74, 6) is 0.177. The Morgan fingerprint density at radius 1 is 1.09 bits per heavy atom. The van der Waals surface area contributed by atoms with Crippen LogP contribution in [0.25, 0.3) is 0 Å². The second kappa shape index (κ2) is 7.93. The molecule has 2 fully saturated rings. The number of carbonyl (C=O) groups excluding carboxylic acids is 1. The van der Waals surface area contributed by atoms with E-state index in [1.54, 1.807) is 0 Å². The number of benzene rings is 1. The minimum absolute atomic E-state index is 0.177. The zero-order valence-corrected chi connectivity index (χ0v) is 13.9. The minimum atomic E-state index is 0.177. The Morgan fingerprint density at radius 2 is 1.83 bits per heavy atom. The van der Waals surface area contributed by atoms with Crippen LogP contribution in [0.5, 0.6) is 0 Å². The summed E-state index contributed by atoms with van der Waals surface area (Å²) in [6.07, 6.45) is 6.74. The van der Waals surface area contributed by atoms with E-state index in [1.165, 1.54) is 18.4 Å². The van der Waals surface area contributed by atoms with Crippen molar-refractivity contribution in [3.8, 4) is 0 Å². The average molecular weight is 316 g/mol. The summed E-state index contributed by atoms with van der Waals surface area (Å²) in [4.78, 5) is 16.8. The molecule has 0 aromatic heterocycles. The van der Waals surface area contributed by atoms with Gasteiger partial charge in [-0.05, 0) is 62.8 Å². The maximum atomic E-state index is 12.4. The van der Waals surface area contributed by atoms with Gasteiger partial charge in [0.15, 0.2) is 0 Å². The molecule has 1 atom stereocenters. The Bertz CT molecular complexity index is 509. The van der Waals surface area contributed by atoms with Crippen LogP contribution in [0.1, 0.15) is 54.4 Å². The number of hydrogen-bond acceptors (Lipinski definition) is 3. The van der Waals surface area contributed by atoms with Crippen LogP contribution in [0.4, 0.5) is 0 Å². The minimum Gasteiger partial charge on any atom is -0.396 e. The Balaban J connectivity index is 1.57. The van der Waals surface area contributed by atoms with E-state index in [0.29, 0.717) is 6.04 Å². The van der Waals surface area contributed by atoms with Crippen molar-refractivity contribution in [2.45, 2.75) is 51.1 Å². The molecular formula is C19H28N2O2. The van der Waals surface area contributed by atoms with Crippen LogP contribution in [0, 0.1) is 0 Å². The van der Waals surface area contributed by atoms with Gasteiger partial charge in [-0.25, -0.2) is 0 Å². The third-order valence-corrected chi connectivity index (χ3v) is 5.17. The predicted molar refractivity (Wildman–Crippen MR) is 91.3 cm³/mol. The molecule has 126 valence electrons. The fourth-order valence-corrected chi connectivity index (χ4v) is 3.85. The first kappa shape index (κ1) is 16.5. The van der Waals surface area contributed by atoms with Crippen molar-refractivity contribution in [1.82, 2.24) is 9.80 Å². The third-order valence-electron chi connectivity index (χ3n) is 5.17. The second-order valence-corrected chi connectivity index (χ2v) is 6.83. The van der Waals surface area contributed by atoms with Crippen LogP contribution < -0.4 is 0 Å². The molecule has 0 bridgehead atoms. The number of aliphatic hydroxyl groups excluding tert-OH is 1. The molecule has 23 heavy (non-hydrogen) atoms. The lowest BCUT2D eigenvalue weighted by molar-refractivity contribution is 0.0793. The summed E-state index contributed by atoms with van der Waals surface area (Å²) in [7, 11) is 0. The van der Waals surface area contributed by atoms with Gasteiger partial charge in [0.2, 0.25) is 0 Å². The first-order valence-electron chi connectivity index (χ1n) is 9.01. The predicted octanol–water partition coefficient (Wildman–Crippen LogP) is 2.66. The second-order valence-electron chi connectivity index (χ2n) is 6.83. The monoisotopic (exact) mass is 316 g/mol. The zero-order chi connectivity index (χ0) is 16.1. The van der Waals surface area contributed by atoms with Gasteiger partial charge in [-0.15, -0.1) is 0 Å². The highest BCUT2D eigenvalue weighted by atomic mass is 16.3. The van der Waals surface area contributed by atoms with Gasteiger partial charge < -0.3 is 10.0 Å². The molecule has 1 amide bonds. The van der Waals surface area contributed by atoms with Crippen molar-refractivity contribution >= 4 is 5.91 Å². The third kappa shape index (κ3) is 4.12. The summed E-state index contributed by atoms with van der Waals surface area (Å²) in [5.41, 5.74) is 2.09. The zero-order valence-electron chi connectivity index (χ0n) is 13.9. The van der Waals surface area contributed by atoms with Gasteiger partial charge in [0, 0.05) is 37.8 Å². The lowest BCUT2D eigenvalue weighted by atomic mass is 10.1. The first-order valence-corrected chi connectivity index (χ1v) is 9.01. The number of rotatable bonds is 6. The molecule has 0 spiro atoms. The largest absolute Gasteiger partial charge is 0.396 e. The summed E-state index contributed by atoms with van der Waals surface area (Å²) in [5, 5.41) is 9.02. The van der Waals surface area contributed by atoms with E-state index >= 15 is 0 Å². The molecule has 0 saturated carbocycles. The summed E-state index contributed by atoms with van der Waals surface area (Å²) in [6.45, 7) is 4.19. The topological polar surface area (TPSA) is 43.8 Å². The first-order chi connectivity index (χ1) is 11.3. The van der Waals surface area contributed by atoms with Gasteiger partial charge in [-0.3, -0.25) is 9.69 Å². The summed E-state index contributed by atoms with van der Waals surface area (Å²) >= 11 is 0. The van der Waals surface area contributed by atoms with E-state index in [4.69, 9.17) is 5.11 Å². The van der Waals surface area contributed by atoms with E-state index in [1.807, 2.05) is 17.0 Å². The lowest BCUT2D eigenvalue weighted by Crippen LogP contribution is -2.29. The number of aliphatic hydroxyl groups is 1. The standard InChI is InChI=1S/C19H28N2O2/c22-14-4-6-18-5-3-13-21(18)15-16-7-9-17(10-8-16)19(23)20-11-1-2-12-20/h7-10,18,22H,1-6,11-15H2. The van der Waals surface area contributed by atoms with Gasteiger partial charge in [-0.1, -0.05) is 12.1 Å². The SMILES string of the molecule is O=C(c1ccc(CN2CCCC2CCCO)cc1)N1CCCC1. The van der Waals surface area contributed by atoms with Gasteiger partial charge in [0.05, 0.1) is 0 Å². The van der Waals surface area contributed by atoms with Crippen molar-refractivity contribution in [3.63, 3.8) is 0 Å². The fraction of sp³-hybridized carbons (Fsp3) is 0.632. The number of likely N-dealkylation sites (tertiary alicyclic amines) is 2. The average Bonchev–Trinajstić information content (AvgIpc) is 3.25. The smallest absolute Gasteiger partial charge is 0.253 e. The molecule has 2 saturated heterocycles. The molecular weight excluding hydrogens is 288 g/mol. The van der Waals surface area contributed by atoms with Crippen LogP contribution in [0.15, 0.2) is 24.3 Å². The van der Waals surface area contributed by atoms with Gasteiger partial charge in [0.1, 0.15) is 0 Å². The maximum Gasteiger partial charge on any atom is 0.253 e. The molecule has 2 aliphatic rings. The quantitative estimate of drug-likeness (QED) is 0.877. The van der Waals surface area contributed by atoms with Gasteiger partial charge >= 0.3 is 0 Å². The molecule has 0 aliphatic carbocycles. The fourth-order valence-electron chi connectivity index (χ4n) is 3.85. The van der Waals surface area contributed by atoms with Crippen LogP contribution in [0.2, 0.25) is 0 Å². The number of amides is 1. The van der Waals surface area contributed by atoms with E-state index < -0.39 is 0 Å². The molecule has 4 heteroatoms. The van der Waals surface area contributed by atoms with Crippen molar-refractivity contribution in [2.75, 3.05) is 26.2 Å². The molecule has 4 nitrogen and oxygen atoms in total. The van der Waals surface area contributed by atoms with Crippen LogP contribution in [-0.2, 0) is 6.54 Å². The van der Waals surface area contributed by atoms with Gasteiger partial charge in [-0.2, -0.15) is 0 Å². The van der Waals surface area contributed by atoms with Crippen molar-refractivity contribution in [3.05, 3.63) is 35.4 Å². The highest BCUT2D eigenvalue weighted by Crippen LogP contribution is 2.23. The molecule has 1 aromatic carbocycles. The number of nitrogens with zero attached hydrogens (tertiary/aromatic N) is 2. The highest BCUT2D eigenvalue weighted by molar-refractivity contribution is 5.94. The Hall–Kier alpha value is -1.39. The highest BCUT2D eigenvalue weighted by Gasteiger charge is 2.24. The van der Waals surface area contributed by atoms with Gasteiger partial charge in [0.25, 0.3) is 5.91 Å². The number of hydrogen-bond donors (Lipinski definition) is 1. The maximum absolute atomic E-state index is 12.4. The number of carbonyl (C=O) groups is 1. The molecule has 2 aliphatic heterocycles.